The molecule has 6 heteroatoms. The number of benzene rings is 2. The predicted octanol–water partition coefficient (Wildman–Crippen LogP) is 2.57. The first-order valence-corrected chi connectivity index (χ1v) is 7.86. The SMILES string of the molecule is COc1ccc(C(=O)c2ccccc2NC(=O)C2CCC(=O)O2)cc1. The summed E-state index contributed by atoms with van der Waals surface area (Å²) in [6, 6.07) is 13.5. The number of para-hydroxylation sites is 1. The van der Waals surface area contributed by atoms with Crippen LogP contribution in [0.1, 0.15) is 28.8 Å². The maximum absolute atomic E-state index is 12.7. The van der Waals surface area contributed by atoms with Crippen molar-refractivity contribution in [3.63, 3.8) is 0 Å². The molecule has 0 aromatic heterocycles. The number of carbonyl (C=O) groups is 3. The molecule has 0 aliphatic carbocycles. The lowest BCUT2D eigenvalue weighted by Gasteiger charge is -2.13. The maximum Gasteiger partial charge on any atom is 0.306 e. The first-order chi connectivity index (χ1) is 12.1. The van der Waals surface area contributed by atoms with Gasteiger partial charge in [-0.15, -0.1) is 0 Å². The third kappa shape index (κ3) is 3.68. The molecule has 1 aliphatic heterocycles. The number of nitrogens with one attached hydrogen (secondary N) is 1. The lowest BCUT2D eigenvalue weighted by molar-refractivity contribution is -0.146. The number of cyclic esters (lactones) is 1. The van der Waals surface area contributed by atoms with Gasteiger partial charge in [-0.05, 0) is 36.4 Å². The van der Waals surface area contributed by atoms with Crippen LogP contribution in [0.15, 0.2) is 48.5 Å². The molecule has 1 amide bonds. The lowest BCUT2D eigenvalue weighted by Crippen LogP contribution is -2.28. The van der Waals surface area contributed by atoms with Gasteiger partial charge in [0.15, 0.2) is 11.9 Å². The van der Waals surface area contributed by atoms with Gasteiger partial charge in [0.1, 0.15) is 5.75 Å². The van der Waals surface area contributed by atoms with Crippen LogP contribution in [0.4, 0.5) is 5.69 Å². The first kappa shape index (κ1) is 16.7. The highest BCUT2D eigenvalue weighted by Gasteiger charge is 2.30. The number of methoxy groups -OCH3 is 1. The molecule has 1 aliphatic rings. The predicted molar refractivity (Wildman–Crippen MR) is 90.6 cm³/mol. The summed E-state index contributed by atoms with van der Waals surface area (Å²) in [7, 11) is 1.55. The van der Waals surface area contributed by atoms with Gasteiger partial charge in [-0.2, -0.15) is 0 Å². The van der Waals surface area contributed by atoms with Crippen LogP contribution >= 0.6 is 0 Å². The molecule has 1 fully saturated rings. The Kier molecular flexibility index (Phi) is 4.79. The number of ketones is 1. The van der Waals surface area contributed by atoms with Crippen LogP contribution in [0.5, 0.6) is 5.75 Å². The minimum Gasteiger partial charge on any atom is -0.497 e. The quantitative estimate of drug-likeness (QED) is 0.669. The Morgan fingerprint density at radius 3 is 2.48 bits per heavy atom. The minimum atomic E-state index is -0.809. The second-order valence-electron chi connectivity index (χ2n) is 5.61. The van der Waals surface area contributed by atoms with Crippen LogP contribution in [0, 0.1) is 0 Å². The molecule has 2 aromatic carbocycles. The summed E-state index contributed by atoms with van der Waals surface area (Å²) in [5.74, 6) is -0.383. The third-order valence-corrected chi connectivity index (χ3v) is 3.96. The van der Waals surface area contributed by atoms with Crippen molar-refractivity contribution in [3.05, 3.63) is 59.7 Å². The topological polar surface area (TPSA) is 81.7 Å². The van der Waals surface area contributed by atoms with E-state index in [-0.39, 0.29) is 18.2 Å². The molecule has 0 spiro atoms. The molecule has 1 unspecified atom stereocenters. The van der Waals surface area contributed by atoms with Gasteiger partial charge in [-0.25, -0.2) is 0 Å². The molecule has 25 heavy (non-hydrogen) atoms. The van der Waals surface area contributed by atoms with Gasteiger partial charge >= 0.3 is 5.97 Å². The fourth-order valence-corrected chi connectivity index (χ4v) is 2.61. The van der Waals surface area contributed by atoms with E-state index in [0.717, 1.165) is 0 Å². The Morgan fingerprint density at radius 2 is 1.84 bits per heavy atom. The second-order valence-corrected chi connectivity index (χ2v) is 5.61. The van der Waals surface area contributed by atoms with Crippen LogP contribution in [-0.4, -0.2) is 30.9 Å². The average Bonchev–Trinajstić information content (AvgIpc) is 3.08. The Balaban J connectivity index is 1.81. The van der Waals surface area contributed by atoms with E-state index in [0.29, 0.717) is 29.0 Å². The molecule has 1 saturated heterocycles. The van der Waals surface area contributed by atoms with Gasteiger partial charge in [0.25, 0.3) is 5.91 Å². The molecule has 6 nitrogen and oxygen atoms in total. The van der Waals surface area contributed by atoms with E-state index in [1.807, 2.05) is 0 Å². The highest BCUT2D eigenvalue weighted by Crippen LogP contribution is 2.22. The highest BCUT2D eigenvalue weighted by atomic mass is 16.6. The van der Waals surface area contributed by atoms with Crippen molar-refractivity contribution in [1.29, 1.82) is 0 Å². The van der Waals surface area contributed by atoms with E-state index < -0.39 is 12.0 Å². The number of anilines is 1. The number of rotatable bonds is 5. The number of esters is 1. The summed E-state index contributed by atoms with van der Waals surface area (Å²) < 4.78 is 10.0. The van der Waals surface area contributed by atoms with E-state index in [2.05, 4.69) is 5.32 Å². The van der Waals surface area contributed by atoms with Gasteiger partial charge in [0.05, 0.1) is 12.8 Å². The molecule has 0 radical (unpaired) electrons. The molecule has 0 bridgehead atoms. The molecular formula is C19H17NO5. The molecule has 128 valence electrons. The summed E-state index contributed by atoms with van der Waals surface area (Å²) in [4.78, 5) is 36.1. The van der Waals surface area contributed by atoms with E-state index in [1.54, 1.807) is 55.6 Å². The molecular weight excluding hydrogens is 322 g/mol. The third-order valence-electron chi connectivity index (χ3n) is 3.96. The first-order valence-electron chi connectivity index (χ1n) is 7.86. The second kappa shape index (κ2) is 7.17. The molecule has 2 aromatic rings. The Morgan fingerprint density at radius 1 is 1.12 bits per heavy atom. The number of hydrogen-bond donors (Lipinski definition) is 1. The standard InChI is InChI=1S/C19H17NO5/c1-24-13-8-6-12(7-9-13)18(22)14-4-2-3-5-15(14)20-19(23)16-10-11-17(21)25-16/h2-9,16H,10-11H2,1H3,(H,20,23). The van der Waals surface area contributed by atoms with Crippen molar-refractivity contribution in [1.82, 2.24) is 0 Å². The monoisotopic (exact) mass is 339 g/mol. The van der Waals surface area contributed by atoms with Crippen molar-refractivity contribution < 1.29 is 23.9 Å². The van der Waals surface area contributed by atoms with Crippen LogP contribution in [0.25, 0.3) is 0 Å². The summed E-state index contributed by atoms with van der Waals surface area (Å²) in [5, 5.41) is 2.68. The number of ether oxygens (including phenoxy) is 2. The molecule has 3 rings (SSSR count). The lowest BCUT2D eigenvalue weighted by atomic mass is 10.0. The smallest absolute Gasteiger partial charge is 0.306 e. The molecule has 1 N–H and O–H groups in total. The van der Waals surface area contributed by atoms with E-state index in [9.17, 15) is 14.4 Å². The van der Waals surface area contributed by atoms with Crippen molar-refractivity contribution in [2.75, 3.05) is 12.4 Å². The van der Waals surface area contributed by atoms with Crippen LogP contribution in [-0.2, 0) is 14.3 Å². The summed E-state index contributed by atoms with van der Waals surface area (Å²) in [5.41, 5.74) is 1.23. The van der Waals surface area contributed by atoms with E-state index in [4.69, 9.17) is 9.47 Å². The average molecular weight is 339 g/mol. The molecule has 0 saturated carbocycles. The van der Waals surface area contributed by atoms with Gasteiger partial charge in [0, 0.05) is 24.0 Å². The van der Waals surface area contributed by atoms with E-state index in [1.165, 1.54) is 0 Å². The largest absolute Gasteiger partial charge is 0.497 e. The maximum atomic E-state index is 12.7. The normalized spacial score (nSPS) is 16.2. The fraction of sp³-hybridized carbons (Fsp3) is 0.211. The van der Waals surface area contributed by atoms with Crippen molar-refractivity contribution in [3.8, 4) is 5.75 Å². The highest BCUT2D eigenvalue weighted by molar-refractivity contribution is 6.14. The zero-order chi connectivity index (χ0) is 17.8. The Labute approximate surface area is 144 Å². The van der Waals surface area contributed by atoms with Crippen LogP contribution in [0.3, 0.4) is 0 Å². The zero-order valence-electron chi connectivity index (χ0n) is 13.7. The van der Waals surface area contributed by atoms with E-state index >= 15 is 0 Å². The Hall–Kier alpha value is -3.15. The van der Waals surface area contributed by atoms with Crippen LogP contribution in [0.2, 0.25) is 0 Å². The summed E-state index contributed by atoms with van der Waals surface area (Å²) in [6.07, 6.45) is -0.235. The van der Waals surface area contributed by atoms with Crippen LogP contribution < -0.4 is 10.1 Å². The zero-order valence-corrected chi connectivity index (χ0v) is 13.7. The molecule has 1 heterocycles. The minimum absolute atomic E-state index is 0.220. The number of amides is 1. The van der Waals surface area contributed by atoms with Crippen molar-refractivity contribution >= 4 is 23.3 Å². The molecule has 1 atom stereocenters. The summed E-state index contributed by atoms with van der Waals surface area (Å²) in [6.45, 7) is 0. The summed E-state index contributed by atoms with van der Waals surface area (Å²) >= 11 is 0. The van der Waals surface area contributed by atoms with Crippen molar-refractivity contribution in [2.45, 2.75) is 18.9 Å². The number of carbonyl (C=O) groups excluding carboxylic acids is 3. The van der Waals surface area contributed by atoms with Gasteiger partial charge in [-0.1, -0.05) is 12.1 Å². The number of hydrogen-bond acceptors (Lipinski definition) is 5. The van der Waals surface area contributed by atoms with Gasteiger partial charge in [-0.3, -0.25) is 14.4 Å². The van der Waals surface area contributed by atoms with Crippen molar-refractivity contribution in [2.24, 2.45) is 0 Å². The van der Waals surface area contributed by atoms with Gasteiger partial charge in [0.2, 0.25) is 0 Å². The van der Waals surface area contributed by atoms with Gasteiger partial charge < -0.3 is 14.8 Å². The fourth-order valence-electron chi connectivity index (χ4n) is 2.61. The Bertz CT molecular complexity index is 813.